The summed E-state index contributed by atoms with van der Waals surface area (Å²) in [6.07, 6.45) is 0. The third-order valence-electron chi connectivity index (χ3n) is 4.23. The predicted molar refractivity (Wildman–Crippen MR) is 104 cm³/mol. The zero-order valence-electron chi connectivity index (χ0n) is 14.9. The number of hydrogen-bond acceptors (Lipinski definition) is 7. The molecule has 0 bridgehead atoms. The van der Waals surface area contributed by atoms with Crippen molar-refractivity contribution in [1.29, 1.82) is 0 Å². The van der Waals surface area contributed by atoms with Crippen LogP contribution in [0.5, 0.6) is 0 Å². The number of halogens is 1. The molecule has 26 heavy (non-hydrogen) atoms. The molecule has 140 valence electrons. The van der Waals surface area contributed by atoms with Crippen LogP contribution in [0.25, 0.3) is 0 Å². The fourth-order valence-electron chi connectivity index (χ4n) is 2.84. The van der Waals surface area contributed by atoms with Crippen molar-refractivity contribution in [2.24, 2.45) is 0 Å². The van der Waals surface area contributed by atoms with E-state index in [0.717, 1.165) is 44.1 Å². The van der Waals surface area contributed by atoms with E-state index >= 15 is 0 Å². The Bertz CT molecular complexity index is 761. The van der Waals surface area contributed by atoms with Crippen molar-refractivity contribution < 1.29 is 9.21 Å². The minimum absolute atomic E-state index is 0.137. The van der Waals surface area contributed by atoms with Gasteiger partial charge in [0, 0.05) is 38.1 Å². The molecule has 1 aromatic heterocycles. The fourth-order valence-corrected chi connectivity index (χ4v) is 3.62. The fraction of sp³-hybridized carbons (Fsp3) is 0.471. The molecule has 0 aliphatic carbocycles. The number of amides is 1. The first-order valence-electron chi connectivity index (χ1n) is 8.54. The smallest absolute Gasteiger partial charge is 0.277 e. The van der Waals surface area contributed by atoms with Crippen LogP contribution in [0.2, 0.25) is 5.02 Å². The lowest BCUT2D eigenvalue weighted by Gasteiger charge is -2.36. The van der Waals surface area contributed by atoms with Crippen LogP contribution in [-0.4, -0.2) is 59.5 Å². The maximum Gasteiger partial charge on any atom is 0.277 e. The monoisotopic (exact) mass is 395 g/mol. The molecular weight excluding hydrogens is 374 g/mol. The van der Waals surface area contributed by atoms with Gasteiger partial charge in [0.25, 0.3) is 5.22 Å². The van der Waals surface area contributed by atoms with Gasteiger partial charge in [-0.3, -0.25) is 4.79 Å². The van der Waals surface area contributed by atoms with Crippen LogP contribution in [0.15, 0.2) is 27.8 Å². The first kappa shape index (κ1) is 19.0. The highest BCUT2D eigenvalue weighted by atomic mass is 35.5. The van der Waals surface area contributed by atoms with E-state index in [2.05, 4.69) is 32.2 Å². The predicted octanol–water partition coefficient (Wildman–Crippen LogP) is 2.90. The number of carbonyl (C=O) groups is 1. The van der Waals surface area contributed by atoms with Gasteiger partial charge in [-0.2, -0.15) is 0 Å². The molecule has 1 aliphatic rings. The van der Waals surface area contributed by atoms with Gasteiger partial charge in [-0.05, 0) is 24.7 Å². The van der Waals surface area contributed by atoms with Gasteiger partial charge in [0.05, 0.1) is 17.1 Å². The summed E-state index contributed by atoms with van der Waals surface area (Å²) in [5, 5.41) is 11.6. The number of aromatic nitrogens is 2. The molecule has 0 radical (unpaired) electrons. The lowest BCUT2D eigenvalue weighted by molar-refractivity contribution is -0.113. The van der Waals surface area contributed by atoms with Gasteiger partial charge in [-0.15, -0.1) is 10.2 Å². The maximum atomic E-state index is 12.3. The highest BCUT2D eigenvalue weighted by Crippen LogP contribution is 2.30. The van der Waals surface area contributed by atoms with Gasteiger partial charge in [0.15, 0.2) is 0 Å². The molecule has 1 aliphatic heterocycles. The van der Waals surface area contributed by atoms with Crippen molar-refractivity contribution in [3.63, 3.8) is 0 Å². The van der Waals surface area contributed by atoms with Crippen molar-refractivity contribution in [2.75, 3.05) is 48.7 Å². The molecule has 2 heterocycles. The topological polar surface area (TPSA) is 74.5 Å². The van der Waals surface area contributed by atoms with Gasteiger partial charge < -0.3 is 19.5 Å². The third kappa shape index (κ3) is 4.90. The molecule has 0 saturated carbocycles. The number of carbonyl (C=O) groups excluding carboxylic acids is 1. The molecule has 7 nitrogen and oxygen atoms in total. The molecule has 1 saturated heterocycles. The van der Waals surface area contributed by atoms with Crippen LogP contribution in [0.4, 0.5) is 11.4 Å². The average Bonchev–Trinajstić information content (AvgIpc) is 3.06. The van der Waals surface area contributed by atoms with Gasteiger partial charge in [0.1, 0.15) is 0 Å². The van der Waals surface area contributed by atoms with Crippen molar-refractivity contribution in [3.05, 3.63) is 29.1 Å². The molecule has 1 aromatic carbocycles. The largest absolute Gasteiger partial charge is 0.416 e. The van der Waals surface area contributed by atoms with Crippen LogP contribution in [0, 0.1) is 6.92 Å². The Kier molecular flexibility index (Phi) is 6.39. The summed E-state index contributed by atoms with van der Waals surface area (Å²) in [5.74, 6) is 0.537. The summed E-state index contributed by atoms with van der Waals surface area (Å²) in [4.78, 5) is 17.0. The molecule has 1 fully saturated rings. The molecule has 0 unspecified atom stereocenters. The Morgan fingerprint density at radius 1 is 1.31 bits per heavy atom. The number of thioether (sulfide) groups is 1. The van der Waals surface area contributed by atoms with Gasteiger partial charge >= 0.3 is 0 Å². The van der Waals surface area contributed by atoms with Gasteiger partial charge in [-0.1, -0.05) is 30.3 Å². The van der Waals surface area contributed by atoms with E-state index in [-0.39, 0.29) is 11.7 Å². The van der Waals surface area contributed by atoms with Crippen LogP contribution in [0.3, 0.4) is 0 Å². The standard InChI is InChI=1S/C17H22ClN5O2S/c1-3-22-6-8-23(9-7-22)15-5-4-13(18)10-14(15)19-16(24)11-26-17-21-20-12(2)25-17/h4-5,10H,3,6-9,11H2,1-2H3,(H,19,24). The summed E-state index contributed by atoms with van der Waals surface area (Å²) in [7, 11) is 0. The number of nitrogens with zero attached hydrogens (tertiary/aromatic N) is 4. The second kappa shape index (κ2) is 8.75. The number of anilines is 2. The van der Waals surface area contributed by atoms with Crippen molar-refractivity contribution in [3.8, 4) is 0 Å². The Labute approximate surface area is 162 Å². The van der Waals surface area contributed by atoms with Crippen LogP contribution >= 0.6 is 23.4 Å². The Morgan fingerprint density at radius 2 is 2.08 bits per heavy atom. The van der Waals surface area contributed by atoms with Crippen LogP contribution < -0.4 is 10.2 Å². The van der Waals surface area contributed by atoms with E-state index in [9.17, 15) is 4.79 Å². The molecule has 1 amide bonds. The normalized spacial score (nSPS) is 15.3. The van der Waals surface area contributed by atoms with E-state index in [0.29, 0.717) is 16.1 Å². The second-order valence-electron chi connectivity index (χ2n) is 6.01. The van der Waals surface area contributed by atoms with E-state index in [1.165, 1.54) is 11.8 Å². The number of hydrogen-bond donors (Lipinski definition) is 1. The summed E-state index contributed by atoms with van der Waals surface area (Å²) in [6, 6.07) is 5.62. The first-order chi connectivity index (χ1) is 12.5. The molecule has 0 atom stereocenters. The summed E-state index contributed by atoms with van der Waals surface area (Å²) < 4.78 is 5.27. The number of benzene rings is 1. The number of likely N-dealkylation sites (N-methyl/N-ethyl adjacent to an activating group) is 1. The maximum absolute atomic E-state index is 12.3. The Balaban J connectivity index is 1.64. The minimum Gasteiger partial charge on any atom is -0.416 e. The lowest BCUT2D eigenvalue weighted by atomic mass is 10.2. The molecular formula is C17H22ClN5O2S. The quantitative estimate of drug-likeness (QED) is 0.753. The summed E-state index contributed by atoms with van der Waals surface area (Å²) in [5.41, 5.74) is 1.73. The number of aryl methyl sites for hydroxylation is 1. The van der Waals surface area contributed by atoms with Gasteiger partial charge in [0.2, 0.25) is 11.8 Å². The van der Waals surface area contributed by atoms with E-state index in [1.54, 1.807) is 13.0 Å². The molecule has 3 rings (SSSR count). The van der Waals surface area contributed by atoms with Crippen LogP contribution in [-0.2, 0) is 4.79 Å². The number of rotatable bonds is 6. The SMILES string of the molecule is CCN1CCN(c2ccc(Cl)cc2NC(=O)CSc2nnc(C)o2)CC1. The highest BCUT2D eigenvalue weighted by Gasteiger charge is 2.19. The molecule has 9 heteroatoms. The van der Waals surface area contributed by atoms with Crippen LogP contribution in [0.1, 0.15) is 12.8 Å². The molecule has 0 spiro atoms. The zero-order valence-corrected chi connectivity index (χ0v) is 16.4. The van der Waals surface area contributed by atoms with Crippen molar-refractivity contribution in [1.82, 2.24) is 15.1 Å². The average molecular weight is 396 g/mol. The van der Waals surface area contributed by atoms with Crippen molar-refractivity contribution in [2.45, 2.75) is 19.1 Å². The summed E-state index contributed by atoms with van der Waals surface area (Å²) >= 11 is 7.36. The minimum atomic E-state index is -0.137. The van der Waals surface area contributed by atoms with E-state index in [1.807, 2.05) is 12.1 Å². The lowest BCUT2D eigenvalue weighted by Crippen LogP contribution is -2.46. The third-order valence-corrected chi connectivity index (χ3v) is 5.28. The van der Waals surface area contributed by atoms with Crippen molar-refractivity contribution >= 4 is 40.6 Å². The number of piperazine rings is 1. The molecule has 1 N–H and O–H groups in total. The van der Waals surface area contributed by atoms with Gasteiger partial charge in [-0.25, -0.2) is 0 Å². The van der Waals surface area contributed by atoms with E-state index < -0.39 is 0 Å². The highest BCUT2D eigenvalue weighted by molar-refractivity contribution is 7.99. The second-order valence-corrected chi connectivity index (χ2v) is 7.37. The first-order valence-corrected chi connectivity index (χ1v) is 9.91. The number of nitrogens with one attached hydrogen (secondary N) is 1. The Morgan fingerprint density at radius 3 is 2.73 bits per heavy atom. The van der Waals surface area contributed by atoms with E-state index in [4.69, 9.17) is 16.0 Å². The molecule has 2 aromatic rings. The summed E-state index contributed by atoms with van der Waals surface area (Å²) in [6.45, 7) is 8.82. The zero-order chi connectivity index (χ0) is 18.5. The Hall–Kier alpha value is -1.77.